The minimum atomic E-state index is 0.0524. The molecule has 0 N–H and O–H groups in total. The van der Waals surface area contributed by atoms with Crippen molar-refractivity contribution < 1.29 is 0 Å². The molecule has 0 bridgehead atoms. The Morgan fingerprint density at radius 3 is 2.42 bits per heavy atom. The van der Waals surface area contributed by atoms with Gasteiger partial charge in [-0.25, -0.2) is 0 Å². The van der Waals surface area contributed by atoms with Crippen molar-refractivity contribution in [3.05, 3.63) is 95.1 Å². The van der Waals surface area contributed by atoms with Gasteiger partial charge in [0.25, 0.3) is 0 Å². The third-order valence-electron chi connectivity index (χ3n) is 6.14. The number of likely N-dealkylation sites (N-methyl/N-ethyl adjacent to an activating group) is 1. The topological polar surface area (TPSA) is 3.24 Å². The fraction of sp³-hybridized carbons (Fsp3) is 0.200. The molecule has 26 heavy (non-hydrogen) atoms. The highest BCUT2D eigenvalue weighted by Gasteiger charge is 2.35. The Balaban J connectivity index is 1.61. The van der Waals surface area contributed by atoms with Gasteiger partial charge < -0.3 is 4.90 Å². The molecule has 1 heterocycles. The molecule has 0 spiro atoms. The van der Waals surface area contributed by atoms with Crippen LogP contribution in [0.4, 0.5) is 5.69 Å². The van der Waals surface area contributed by atoms with Crippen LogP contribution in [0.1, 0.15) is 42.1 Å². The van der Waals surface area contributed by atoms with Crippen LogP contribution in [-0.2, 0) is 5.41 Å². The van der Waals surface area contributed by atoms with Gasteiger partial charge in [-0.15, -0.1) is 0 Å². The van der Waals surface area contributed by atoms with E-state index in [1.165, 1.54) is 39.1 Å². The number of benzene rings is 3. The molecule has 1 heteroatoms. The molecular weight excluding hydrogens is 314 g/mol. The van der Waals surface area contributed by atoms with E-state index in [9.17, 15) is 0 Å². The highest BCUT2D eigenvalue weighted by Crippen LogP contribution is 2.49. The molecule has 0 saturated carbocycles. The van der Waals surface area contributed by atoms with Gasteiger partial charge in [-0.1, -0.05) is 86.7 Å². The van der Waals surface area contributed by atoms with E-state index in [4.69, 9.17) is 0 Å². The van der Waals surface area contributed by atoms with E-state index >= 15 is 0 Å². The van der Waals surface area contributed by atoms with Crippen LogP contribution in [0.15, 0.2) is 72.8 Å². The Hall–Kier alpha value is -2.80. The van der Waals surface area contributed by atoms with Gasteiger partial charge in [0, 0.05) is 18.2 Å². The molecule has 1 atom stereocenters. The molecule has 2 aliphatic rings. The average molecular weight is 337 g/mol. The van der Waals surface area contributed by atoms with Crippen LogP contribution < -0.4 is 4.90 Å². The third kappa shape index (κ3) is 2.03. The van der Waals surface area contributed by atoms with Crippen molar-refractivity contribution in [1.29, 1.82) is 0 Å². The van der Waals surface area contributed by atoms with E-state index in [0.717, 1.165) is 0 Å². The number of fused-ring (bicyclic) bond motifs is 4. The smallest absolute Gasteiger partial charge is 0.0726 e. The van der Waals surface area contributed by atoms with Gasteiger partial charge >= 0.3 is 0 Å². The van der Waals surface area contributed by atoms with E-state index in [1.807, 2.05) is 0 Å². The highest BCUT2D eigenvalue weighted by atomic mass is 15.1. The zero-order valence-electron chi connectivity index (χ0n) is 15.5. The van der Waals surface area contributed by atoms with Crippen LogP contribution in [0, 0.1) is 0 Å². The molecule has 0 amide bonds. The Labute approximate surface area is 155 Å². The van der Waals surface area contributed by atoms with Gasteiger partial charge in [-0.3, -0.25) is 0 Å². The van der Waals surface area contributed by atoms with Crippen LogP contribution in [0.25, 0.3) is 17.2 Å². The van der Waals surface area contributed by atoms with Crippen LogP contribution in [0.3, 0.4) is 0 Å². The summed E-state index contributed by atoms with van der Waals surface area (Å²) in [7, 11) is 2.19. The summed E-state index contributed by atoms with van der Waals surface area (Å²) in [6.07, 6.45) is 4.58. The summed E-state index contributed by atoms with van der Waals surface area (Å²) in [6.45, 7) is 4.69. The summed E-state index contributed by atoms with van der Waals surface area (Å²) in [5, 5.41) is 0. The first-order chi connectivity index (χ1) is 12.6. The van der Waals surface area contributed by atoms with Gasteiger partial charge in [0.15, 0.2) is 0 Å². The first-order valence-corrected chi connectivity index (χ1v) is 9.32. The SMILES string of the molecule is CN1c2ccccc2C=CC1c1ccc2c(c1)C(C)(C)c1ccccc1-2. The monoisotopic (exact) mass is 337 g/mol. The molecule has 1 unspecified atom stereocenters. The van der Waals surface area contributed by atoms with Gasteiger partial charge in [-0.2, -0.15) is 0 Å². The lowest BCUT2D eigenvalue weighted by Gasteiger charge is -2.33. The largest absolute Gasteiger partial charge is 0.364 e. The number of para-hydroxylation sites is 1. The van der Waals surface area contributed by atoms with Gasteiger partial charge in [-0.05, 0) is 39.4 Å². The molecule has 3 aromatic rings. The maximum atomic E-state index is 2.43. The summed E-state index contributed by atoms with van der Waals surface area (Å²) < 4.78 is 0. The normalized spacial score (nSPS) is 19.0. The predicted octanol–water partition coefficient (Wildman–Crippen LogP) is 6.20. The second-order valence-electron chi connectivity index (χ2n) is 7.95. The first-order valence-electron chi connectivity index (χ1n) is 9.32. The van der Waals surface area contributed by atoms with Crippen molar-refractivity contribution in [2.45, 2.75) is 25.3 Å². The molecule has 0 fully saturated rings. The number of hydrogen-bond acceptors (Lipinski definition) is 1. The van der Waals surface area contributed by atoms with E-state index in [2.05, 4.69) is 105 Å². The Morgan fingerprint density at radius 1 is 0.808 bits per heavy atom. The molecule has 1 nitrogen and oxygen atoms in total. The number of rotatable bonds is 1. The minimum Gasteiger partial charge on any atom is -0.364 e. The molecule has 1 aliphatic heterocycles. The minimum absolute atomic E-state index is 0.0524. The van der Waals surface area contributed by atoms with E-state index in [0.29, 0.717) is 0 Å². The molecule has 0 aromatic heterocycles. The van der Waals surface area contributed by atoms with E-state index in [-0.39, 0.29) is 11.5 Å². The second kappa shape index (κ2) is 5.35. The summed E-state index contributed by atoms with van der Waals surface area (Å²) >= 11 is 0. The van der Waals surface area contributed by atoms with Gasteiger partial charge in [0.05, 0.1) is 6.04 Å². The molecule has 3 aromatic carbocycles. The number of nitrogens with zero attached hydrogens (tertiary/aromatic N) is 1. The molecule has 5 rings (SSSR count). The summed E-state index contributed by atoms with van der Waals surface area (Å²) in [4.78, 5) is 2.38. The zero-order valence-corrected chi connectivity index (χ0v) is 15.5. The lowest BCUT2D eigenvalue weighted by molar-refractivity contribution is 0.657. The Morgan fingerprint density at radius 2 is 1.54 bits per heavy atom. The standard InChI is InChI=1S/C25H23N/c1-25(2)21-10-6-5-9-19(21)20-14-12-18(16-22(20)25)24-15-13-17-8-4-7-11-23(17)26(24)3/h4-16,24H,1-3H3. The van der Waals surface area contributed by atoms with Crippen molar-refractivity contribution in [2.75, 3.05) is 11.9 Å². The molecule has 0 saturated heterocycles. The van der Waals surface area contributed by atoms with Crippen LogP contribution in [0.5, 0.6) is 0 Å². The van der Waals surface area contributed by atoms with Crippen molar-refractivity contribution in [1.82, 2.24) is 0 Å². The maximum absolute atomic E-state index is 2.43. The van der Waals surface area contributed by atoms with Crippen molar-refractivity contribution in [3.8, 4) is 11.1 Å². The van der Waals surface area contributed by atoms with Crippen LogP contribution in [-0.4, -0.2) is 7.05 Å². The molecular formula is C25H23N. The second-order valence-corrected chi connectivity index (χ2v) is 7.95. The fourth-order valence-electron chi connectivity index (χ4n) is 4.66. The fourth-order valence-corrected chi connectivity index (χ4v) is 4.66. The summed E-state index contributed by atoms with van der Waals surface area (Å²) in [5.74, 6) is 0. The van der Waals surface area contributed by atoms with Crippen molar-refractivity contribution in [3.63, 3.8) is 0 Å². The summed E-state index contributed by atoms with van der Waals surface area (Å²) in [5.41, 5.74) is 9.65. The number of anilines is 1. The van der Waals surface area contributed by atoms with E-state index < -0.39 is 0 Å². The van der Waals surface area contributed by atoms with Crippen LogP contribution >= 0.6 is 0 Å². The molecule has 128 valence electrons. The lowest BCUT2D eigenvalue weighted by Crippen LogP contribution is -2.26. The van der Waals surface area contributed by atoms with Gasteiger partial charge in [0.2, 0.25) is 0 Å². The summed E-state index contributed by atoms with van der Waals surface area (Å²) in [6, 6.07) is 24.8. The Kier molecular flexibility index (Phi) is 3.18. The van der Waals surface area contributed by atoms with E-state index in [1.54, 1.807) is 0 Å². The van der Waals surface area contributed by atoms with Gasteiger partial charge in [0.1, 0.15) is 0 Å². The molecule has 0 radical (unpaired) electrons. The average Bonchev–Trinajstić information content (AvgIpc) is 2.90. The third-order valence-corrected chi connectivity index (χ3v) is 6.14. The predicted molar refractivity (Wildman–Crippen MR) is 111 cm³/mol. The highest BCUT2D eigenvalue weighted by molar-refractivity contribution is 5.81. The first kappa shape index (κ1) is 15.5. The van der Waals surface area contributed by atoms with Crippen molar-refractivity contribution >= 4 is 11.8 Å². The molecule has 1 aliphatic carbocycles. The lowest BCUT2D eigenvalue weighted by atomic mass is 9.81. The number of hydrogen-bond donors (Lipinski definition) is 0. The van der Waals surface area contributed by atoms with Crippen LogP contribution in [0.2, 0.25) is 0 Å². The quantitative estimate of drug-likeness (QED) is 0.511. The zero-order chi connectivity index (χ0) is 17.9. The Bertz CT molecular complexity index is 1040. The van der Waals surface area contributed by atoms with Crippen molar-refractivity contribution in [2.24, 2.45) is 0 Å². The maximum Gasteiger partial charge on any atom is 0.0726 e.